The summed E-state index contributed by atoms with van der Waals surface area (Å²) < 4.78 is 26.6. The number of amides is 1. The Balaban J connectivity index is 0.00000225. The first kappa shape index (κ1) is 20.2. The first-order valence-electron chi connectivity index (χ1n) is 8.39. The van der Waals surface area contributed by atoms with E-state index in [2.05, 4.69) is 5.32 Å². The van der Waals surface area contributed by atoms with E-state index in [1.165, 1.54) is 10.4 Å². The van der Waals surface area contributed by atoms with E-state index in [4.69, 9.17) is 0 Å². The first-order valence-corrected chi connectivity index (χ1v) is 9.83. The summed E-state index contributed by atoms with van der Waals surface area (Å²) in [7, 11) is -2.02. The quantitative estimate of drug-likeness (QED) is 0.848. The van der Waals surface area contributed by atoms with Crippen LogP contribution in [0.5, 0.6) is 0 Å². The van der Waals surface area contributed by atoms with Gasteiger partial charge in [0.25, 0.3) is 5.91 Å². The molecule has 140 valence electrons. The minimum atomic E-state index is -3.58. The van der Waals surface area contributed by atoms with Gasteiger partial charge in [-0.15, -0.1) is 12.4 Å². The number of nitrogens with one attached hydrogen (secondary N) is 1. The van der Waals surface area contributed by atoms with E-state index < -0.39 is 10.0 Å². The van der Waals surface area contributed by atoms with Crippen LogP contribution in [0.15, 0.2) is 29.2 Å². The fraction of sp³-hybridized carbons (Fsp3) is 0.588. The number of hydrogen-bond acceptors (Lipinski definition) is 4. The van der Waals surface area contributed by atoms with Gasteiger partial charge < -0.3 is 10.2 Å². The van der Waals surface area contributed by atoms with Crippen LogP contribution in [0, 0.1) is 11.8 Å². The van der Waals surface area contributed by atoms with Crippen molar-refractivity contribution >= 4 is 28.3 Å². The molecule has 2 heterocycles. The highest BCUT2D eigenvalue weighted by Crippen LogP contribution is 2.28. The fourth-order valence-electron chi connectivity index (χ4n) is 3.44. The molecule has 0 aromatic heterocycles. The third-order valence-electron chi connectivity index (χ3n) is 5.16. The van der Waals surface area contributed by atoms with Crippen LogP contribution in [0.3, 0.4) is 0 Å². The number of sulfonamides is 1. The van der Waals surface area contributed by atoms with E-state index in [1.807, 2.05) is 18.7 Å². The molecule has 2 aliphatic heterocycles. The number of halogens is 1. The smallest absolute Gasteiger partial charge is 0.253 e. The Morgan fingerprint density at radius 2 is 1.84 bits per heavy atom. The highest BCUT2D eigenvalue weighted by molar-refractivity contribution is 7.89. The molecule has 0 bridgehead atoms. The third-order valence-corrected chi connectivity index (χ3v) is 7.19. The van der Waals surface area contributed by atoms with E-state index in [9.17, 15) is 13.2 Å². The molecule has 0 radical (unpaired) electrons. The van der Waals surface area contributed by atoms with Crippen LogP contribution in [0.25, 0.3) is 0 Å². The van der Waals surface area contributed by atoms with E-state index >= 15 is 0 Å². The van der Waals surface area contributed by atoms with Crippen molar-refractivity contribution in [3.8, 4) is 0 Å². The maximum atomic E-state index is 12.8. The highest BCUT2D eigenvalue weighted by atomic mass is 35.5. The largest absolute Gasteiger partial charge is 0.338 e. The zero-order valence-corrected chi connectivity index (χ0v) is 16.4. The Bertz CT molecular complexity index is 726. The van der Waals surface area contributed by atoms with Crippen molar-refractivity contribution in [3.63, 3.8) is 0 Å². The summed E-state index contributed by atoms with van der Waals surface area (Å²) in [5, 5.41) is 3.35. The van der Waals surface area contributed by atoms with Gasteiger partial charge in [0.2, 0.25) is 10.0 Å². The molecule has 2 atom stereocenters. The minimum Gasteiger partial charge on any atom is -0.338 e. The van der Waals surface area contributed by atoms with Crippen molar-refractivity contribution < 1.29 is 13.2 Å². The third kappa shape index (κ3) is 3.84. The number of carbonyl (C=O) groups excluding carboxylic acids is 1. The molecule has 1 amide bonds. The molecule has 1 aromatic carbocycles. The Morgan fingerprint density at radius 1 is 1.24 bits per heavy atom. The second-order valence-electron chi connectivity index (χ2n) is 7.03. The summed E-state index contributed by atoms with van der Waals surface area (Å²) in [6, 6.07) is 6.26. The molecular weight excluding hydrogens is 362 g/mol. The molecular formula is C17H26ClN3O3S. The molecule has 25 heavy (non-hydrogen) atoms. The molecule has 1 aromatic rings. The number of nitrogens with zero attached hydrogens (tertiary/aromatic N) is 2. The predicted molar refractivity (Wildman–Crippen MR) is 99.5 cm³/mol. The van der Waals surface area contributed by atoms with Crippen LogP contribution in [0.4, 0.5) is 0 Å². The maximum absolute atomic E-state index is 12.8. The van der Waals surface area contributed by atoms with Crippen molar-refractivity contribution in [2.75, 3.05) is 33.2 Å². The van der Waals surface area contributed by atoms with Crippen molar-refractivity contribution in [1.29, 1.82) is 0 Å². The number of likely N-dealkylation sites (tertiary alicyclic amines) is 1. The second kappa shape index (κ2) is 7.61. The molecule has 0 unspecified atom stereocenters. The molecule has 8 heteroatoms. The molecule has 0 aliphatic carbocycles. The van der Waals surface area contributed by atoms with Crippen molar-refractivity contribution in [1.82, 2.24) is 14.5 Å². The Labute approximate surface area is 156 Å². The van der Waals surface area contributed by atoms with Gasteiger partial charge >= 0.3 is 0 Å². The molecule has 6 nitrogen and oxygen atoms in total. The average molecular weight is 388 g/mol. The van der Waals surface area contributed by atoms with Crippen molar-refractivity contribution in [2.45, 2.75) is 24.8 Å². The first-order chi connectivity index (χ1) is 11.3. The average Bonchev–Trinajstić information content (AvgIpc) is 3.15. The zero-order chi connectivity index (χ0) is 17.5. The predicted octanol–water partition coefficient (Wildman–Crippen LogP) is 1.43. The van der Waals surface area contributed by atoms with E-state index in [-0.39, 0.29) is 29.3 Å². The minimum absolute atomic E-state index is 0. The lowest BCUT2D eigenvalue weighted by atomic mass is 10.0. The number of hydrogen-bond donors (Lipinski definition) is 1. The zero-order valence-electron chi connectivity index (χ0n) is 14.8. The molecule has 0 saturated carbocycles. The van der Waals surface area contributed by atoms with Gasteiger partial charge in [-0.1, -0.05) is 6.07 Å². The van der Waals surface area contributed by atoms with Gasteiger partial charge in [-0.3, -0.25) is 4.79 Å². The van der Waals surface area contributed by atoms with Crippen LogP contribution in [-0.4, -0.2) is 62.8 Å². The lowest BCUT2D eigenvalue weighted by Crippen LogP contribution is -2.34. The fourth-order valence-corrected chi connectivity index (χ4v) is 4.85. The molecule has 2 aliphatic rings. The number of carbonyl (C=O) groups is 1. The Morgan fingerprint density at radius 3 is 2.40 bits per heavy atom. The van der Waals surface area contributed by atoms with Gasteiger partial charge in [0.05, 0.1) is 4.90 Å². The van der Waals surface area contributed by atoms with Crippen LogP contribution < -0.4 is 5.32 Å². The normalized spacial score (nSPS) is 23.0. The van der Waals surface area contributed by atoms with Crippen molar-refractivity contribution in [3.05, 3.63) is 29.8 Å². The van der Waals surface area contributed by atoms with Gasteiger partial charge in [0.15, 0.2) is 0 Å². The van der Waals surface area contributed by atoms with Gasteiger partial charge in [0, 0.05) is 44.8 Å². The van der Waals surface area contributed by atoms with Gasteiger partial charge in [0.1, 0.15) is 0 Å². The van der Waals surface area contributed by atoms with E-state index in [0.29, 0.717) is 17.4 Å². The lowest BCUT2D eigenvalue weighted by Gasteiger charge is -2.22. The summed E-state index contributed by atoms with van der Waals surface area (Å²) in [5.41, 5.74) is 0.446. The summed E-state index contributed by atoms with van der Waals surface area (Å²) in [5.74, 6) is 0.967. The SMILES string of the molecule is CC(C)N(C)S(=O)(=O)c1cccc(C(=O)N2C[C@H]3CNC[C@H]3C2)c1.Cl. The molecule has 1 N–H and O–H groups in total. The number of benzene rings is 1. The van der Waals surface area contributed by atoms with Crippen LogP contribution in [0.1, 0.15) is 24.2 Å². The summed E-state index contributed by atoms with van der Waals surface area (Å²) in [6.45, 7) is 7.07. The van der Waals surface area contributed by atoms with Gasteiger partial charge in [-0.2, -0.15) is 4.31 Å². The van der Waals surface area contributed by atoms with E-state index in [0.717, 1.165) is 26.2 Å². The molecule has 2 fully saturated rings. The van der Waals surface area contributed by atoms with Crippen molar-refractivity contribution in [2.24, 2.45) is 11.8 Å². The van der Waals surface area contributed by atoms with E-state index in [1.54, 1.807) is 25.2 Å². The number of rotatable bonds is 4. The highest BCUT2D eigenvalue weighted by Gasteiger charge is 2.38. The molecule has 3 rings (SSSR count). The van der Waals surface area contributed by atoms with Gasteiger partial charge in [-0.25, -0.2) is 8.42 Å². The van der Waals surface area contributed by atoms with Crippen LogP contribution in [0.2, 0.25) is 0 Å². The van der Waals surface area contributed by atoms with Crippen LogP contribution in [-0.2, 0) is 10.0 Å². The monoisotopic (exact) mass is 387 g/mol. The summed E-state index contributed by atoms with van der Waals surface area (Å²) in [4.78, 5) is 14.8. The lowest BCUT2D eigenvalue weighted by molar-refractivity contribution is 0.0781. The van der Waals surface area contributed by atoms with Crippen LogP contribution >= 0.6 is 12.4 Å². The Hall–Kier alpha value is -1.15. The van der Waals surface area contributed by atoms with Gasteiger partial charge in [-0.05, 0) is 43.9 Å². The topological polar surface area (TPSA) is 69.7 Å². The maximum Gasteiger partial charge on any atom is 0.253 e. The molecule has 0 spiro atoms. The second-order valence-corrected chi connectivity index (χ2v) is 9.03. The standard InChI is InChI=1S/C17H25N3O3S.ClH/c1-12(2)19(3)24(22,23)16-6-4-5-13(7-16)17(21)20-10-14-8-18-9-15(14)11-20;/h4-7,12,14-15,18H,8-11H2,1-3H3;1H/t14-,15+;. The summed E-state index contributed by atoms with van der Waals surface area (Å²) >= 11 is 0. The number of fused-ring (bicyclic) bond motifs is 1. The molecule has 2 saturated heterocycles. The Kier molecular flexibility index (Phi) is 6.14. The summed E-state index contributed by atoms with van der Waals surface area (Å²) in [6.07, 6.45) is 0.